The zero-order chi connectivity index (χ0) is 19.9. The minimum absolute atomic E-state index is 0.0160. The normalized spacial score (nSPS) is 11.0. The Bertz CT molecular complexity index is 986. The number of benzene rings is 1. The van der Waals surface area contributed by atoms with Crippen molar-refractivity contribution >= 4 is 17.8 Å². The molecule has 144 valence electrons. The monoisotopic (exact) mass is 383 g/mol. The van der Waals surface area contributed by atoms with Crippen LogP contribution in [-0.4, -0.2) is 33.5 Å². The molecule has 6 nitrogen and oxygen atoms in total. The van der Waals surface area contributed by atoms with Crippen molar-refractivity contribution in [1.29, 1.82) is 0 Å². The van der Waals surface area contributed by atoms with Crippen molar-refractivity contribution in [2.45, 2.75) is 6.92 Å². The minimum atomic E-state index is -0.593. The summed E-state index contributed by atoms with van der Waals surface area (Å²) in [6, 6.07) is 8.69. The van der Waals surface area contributed by atoms with Crippen molar-refractivity contribution in [2.24, 2.45) is 0 Å². The molecule has 0 radical (unpaired) electrons. The summed E-state index contributed by atoms with van der Waals surface area (Å²) in [5.74, 6) is 0.442. The van der Waals surface area contributed by atoms with Gasteiger partial charge >= 0.3 is 0 Å². The lowest BCUT2D eigenvalue weighted by Gasteiger charge is -2.09. The van der Waals surface area contributed by atoms with Crippen LogP contribution in [0.25, 0.3) is 11.9 Å². The molecule has 0 saturated carbocycles. The first kappa shape index (κ1) is 19.2. The fraction of sp³-hybridized carbons (Fsp3) is 0.150. The van der Waals surface area contributed by atoms with Gasteiger partial charge in [0.25, 0.3) is 0 Å². The second-order valence-electron chi connectivity index (χ2n) is 5.97. The Morgan fingerprint density at radius 1 is 1.14 bits per heavy atom. The van der Waals surface area contributed by atoms with Gasteiger partial charge in [0.05, 0.1) is 0 Å². The lowest BCUT2D eigenvalue weighted by molar-refractivity contribution is -0.116. The minimum Gasteiger partial charge on any atom is -0.368 e. The maximum Gasteiger partial charge on any atom is 0.244 e. The standard InChI is InChI=1S/C20H19F2N5O/c1-14-25-18(13-19(26-14)27-10-2-3-11-27)23-8-9-24-20(28)7-4-15-12-16(21)5-6-17(15)22/h2-7,10-13H,8-9H2,1H3,(H,24,28)(H,23,25,26)/b7-4+. The maximum absolute atomic E-state index is 13.5. The molecule has 0 unspecified atom stereocenters. The molecule has 0 fully saturated rings. The van der Waals surface area contributed by atoms with Crippen LogP contribution in [-0.2, 0) is 4.79 Å². The largest absolute Gasteiger partial charge is 0.368 e. The van der Waals surface area contributed by atoms with Crippen molar-refractivity contribution in [3.8, 4) is 5.82 Å². The molecule has 2 aromatic heterocycles. The van der Waals surface area contributed by atoms with E-state index in [1.54, 1.807) is 13.0 Å². The summed E-state index contributed by atoms with van der Waals surface area (Å²) in [7, 11) is 0. The molecule has 8 heteroatoms. The Hall–Kier alpha value is -3.55. The average molecular weight is 383 g/mol. The number of hydrogen-bond acceptors (Lipinski definition) is 4. The Kier molecular flexibility index (Phi) is 6.11. The number of carbonyl (C=O) groups is 1. The van der Waals surface area contributed by atoms with Gasteiger partial charge in [-0.05, 0) is 43.3 Å². The first-order chi connectivity index (χ1) is 13.5. The van der Waals surface area contributed by atoms with Crippen molar-refractivity contribution in [1.82, 2.24) is 19.9 Å². The zero-order valence-electron chi connectivity index (χ0n) is 15.2. The molecule has 3 rings (SSSR count). The van der Waals surface area contributed by atoms with Crippen LogP contribution in [0.1, 0.15) is 11.4 Å². The van der Waals surface area contributed by atoms with Gasteiger partial charge in [-0.1, -0.05) is 0 Å². The average Bonchev–Trinajstić information content (AvgIpc) is 3.20. The van der Waals surface area contributed by atoms with Gasteiger partial charge in [-0.3, -0.25) is 4.79 Å². The fourth-order valence-electron chi connectivity index (χ4n) is 2.51. The molecule has 0 aliphatic rings. The number of aromatic nitrogens is 3. The third kappa shape index (κ3) is 5.23. The third-order valence-corrected chi connectivity index (χ3v) is 3.80. The molecular weight excluding hydrogens is 364 g/mol. The Balaban J connectivity index is 1.50. The van der Waals surface area contributed by atoms with E-state index in [1.165, 1.54) is 6.08 Å². The van der Waals surface area contributed by atoms with E-state index in [0.29, 0.717) is 24.7 Å². The summed E-state index contributed by atoms with van der Waals surface area (Å²) in [6.07, 6.45) is 6.17. The van der Waals surface area contributed by atoms with E-state index in [-0.39, 0.29) is 5.56 Å². The van der Waals surface area contributed by atoms with Gasteiger partial charge in [-0.2, -0.15) is 0 Å². The molecule has 0 atom stereocenters. The van der Waals surface area contributed by atoms with Crippen LogP contribution in [0.15, 0.2) is 54.9 Å². The summed E-state index contributed by atoms with van der Waals surface area (Å²) >= 11 is 0. The predicted octanol–water partition coefficient (Wildman–Crippen LogP) is 3.10. The molecule has 0 spiro atoms. The van der Waals surface area contributed by atoms with Gasteiger partial charge in [-0.25, -0.2) is 18.7 Å². The van der Waals surface area contributed by atoms with Gasteiger partial charge < -0.3 is 15.2 Å². The highest BCUT2D eigenvalue weighted by Gasteiger charge is 2.04. The molecule has 28 heavy (non-hydrogen) atoms. The fourth-order valence-corrected chi connectivity index (χ4v) is 2.51. The highest BCUT2D eigenvalue weighted by atomic mass is 19.1. The Labute approximate surface area is 160 Å². The molecule has 2 N–H and O–H groups in total. The van der Waals surface area contributed by atoms with Gasteiger partial charge in [0.15, 0.2) is 0 Å². The zero-order valence-corrected chi connectivity index (χ0v) is 15.2. The van der Waals surface area contributed by atoms with Crippen LogP contribution in [0, 0.1) is 18.6 Å². The van der Waals surface area contributed by atoms with E-state index in [0.717, 1.165) is 30.1 Å². The van der Waals surface area contributed by atoms with Crippen LogP contribution < -0.4 is 10.6 Å². The Morgan fingerprint density at radius 2 is 1.93 bits per heavy atom. The lowest BCUT2D eigenvalue weighted by atomic mass is 10.2. The van der Waals surface area contributed by atoms with Crippen molar-refractivity contribution in [2.75, 3.05) is 18.4 Å². The second-order valence-corrected chi connectivity index (χ2v) is 5.97. The molecular formula is C20H19F2N5O. The molecule has 0 aliphatic carbocycles. The van der Waals surface area contributed by atoms with E-state index in [2.05, 4.69) is 20.6 Å². The van der Waals surface area contributed by atoms with Gasteiger partial charge in [0.2, 0.25) is 5.91 Å². The second kappa shape index (κ2) is 8.90. The van der Waals surface area contributed by atoms with Crippen molar-refractivity contribution < 1.29 is 13.6 Å². The van der Waals surface area contributed by atoms with E-state index in [4.69, 9.17) is 0 Å². The third-order valence-electron chi connectivity index (χ3n) is 3.80. The number of nitrogens with one attached hydrogen (secondary N) is 2. The highest BCUT2D eigenvalue weighted by Crippen LogP contribution is 2.12. The highest BCUT2D eigenvalue weighted by molar-refractivity contribution is 5.91. The molecule has 1 aromatic carbocycles. The first-order valence-electron chi connectivity index (χ1n) is 8.65. The van der Waals surface area contributed by atoms with Crippen molar-refractivity contribution in [3.63, 3.8) is 0 Å². The smallest absolute Gasteiger partial charge is 0.244 e. The van der Waals surface area contributed by atoms with E-state index >= 15 is 0 Å². The quantitative estimate of drug-likeness (QED) is 0.486. The molecule has 0 saturated heterocycles. The van der Waals surface area contributed by atoms with Crippen LogP contribution >= 0.6 is 0 Å². The number of carbonyl (C=O) groups excluding carboxylic acids is 1. The summed E-state index contributed by atoms with van der Waals surface area (Å²) in [6.45, 7) is 2.57. The number of hydrogen-bond donors (Lipinski definition) is 2. The lowest BCUT2D eigenvalue weighted by Crippen LogP contribution is -2.27. The van der Waals surface area contributed by atoms with Gasteiger partial charge in [-0.15, -0.1) is 0 Å². The summed E-state index contributed by atoms with van der Waals surface area (Å²) < 4.78 is 28.5. The van der Waals surface area contributed by atoms with Crippen LogP contribution in [0.2, 0.25) is 0 Å². The van der Waals surface area contributed by atoms with E-state index in [1.807, 2.05) is 29.1 Å². The van der Waals surface area contributed by atoms with Crippen LogP contribution in [0.4, 0.5) is 14.6 Å². The van der Waals surface area contributed by atoms with Crippen LogP contribution in [0.3, 0.4) is 0 Å². The van der Waals surface area contributed by atoms with Crippen LogP contribution in [0.5, 0.6) is 0 Å². The summed E-state index contributed by atoms with van der Waals surface area (Å²) in [5.41, 5.74) is 0.0160. The molecule has 1 amide bonds. The van der Waals surface area contributed by atoms with Gasteiger partial charge in [0.1, 0.15) is 29.1 Å². The van der Waals surface area contributed by atoms with Crippen molar-refractivity contribution in [3.05, 3.63) is 77.9 Å². The molecule has 3 aromatic rings. The number of rotatable bonds is 7. The van der Waals surface area contributed by atoms with E-state index in [9.17, 15) is 13.6 Å². The predicted molar refractivity (Wildman–Crippen MR) is 103 cm³/mol. The number of amides is 1. The topological polar surface area (TPSA) is 71.8 Å². The molecule has 2 heterocycles. The number of halogens is 2. The first-order valence-corrected chi connectivity index (χ1v) is 8.65. The number of anilines is 1. The number of aryl methyl sites for hydroxylation is 1. The molecule has 0 aliphatic heterocycles. The van der Waals surface area contributed by atoms with Gasteiger partial charge in [0, 0.05) is 43.2 Å². The summed E-state index contributed by atoms with van der Waals surface area (Å²) in [4.78, 5) is 20.5. The maximum atomic E-state index is 13.5. The Morgan fingerprint density at radius 3 is 2.71 bits per heavy atom. The molecule has 0 bridgehead atoms. The SMILES string of the molecule is Cc1nc(NCCNC(=O)/C=C/c2cc(F)ccc2F)cc(-n2cccc2)n1. The van der Waals surface area contributed by atoms with E-state index < -0.39 is 17.5 Å². The number of nitrogens with zero attached hydrogens (tertiary/aromatic N) is 3. The summed E-state index contributed by atoms with van der Waals surface area (Å²) in [5, 5.41) is 5.78.